The number of hydrogen-bond donors (Lipinski definition) is 1. The van der Waals surface area contributed by atoms with Gasteiger partial charge in [-0.2, -0.15) is 0 Å². The summed E-state index contributed by atoms with van der Waals surface area (Å²) < 4.78 is 0. The average molecular weight is 238 g/mol. The van der Waals surface area contributed by atoms with E-state index in [9.17, 15) is 0 Å². The van der Waals surface area contributed by atoms with Gasteiger partial charge in [0, 0.05) is 16.9 Å². The van der Waals surface area contributed by atoms with Crippen molar-refractivity contribution in [3.05, 3.63) is 30.0 Å². The number of anilines is 1. The molecule has 0 bridgehead atoms. The molecule has 0 spiro atoms. The van der Waals surface area contributed by atoms with Crippen molar-refractivity contribution in [2.75, 3.05) is 5.73 Å². The maximum atomic E-state index is 5.46. The van der Waals surface area contributed by atoms with Gasteiger partial charge in [-0.15, -0.1) is 0 Å². The van der Waals surface area contributed by atoms with Crippen molar-refractivity contribution in [2.45, 2.75) is 5.33 Å². The van der Waals surface area contributed by atoms with Crippen molar-refractivity contribution in [2.24, 2.45) is 0 Å². The van der Waals surface area contributed by atoms with Crippen LogP contribution in [-0.2, 0) is 5.33 Å². The van der Waals surface area contributed by atoms with E-state index in [1.807, 2.05) is 18.2 Å². The number of alkyl halides is 1. The molecule has 0 amide bonds. The third kappa shape index (κ3) is 1.62. The van der Waals surface area contributed by atoms with E-state index >= 15 is 0 Å². The molecule has 0 atom stereocenters. The molecule has 0 aliphatic carbocycles. The van der Waals surface area contributed by atoms with Gasteiger partial charge < -0.3 is 5.73 Å². The maximum Gasteiger partial charge on any atom is 0.220 e. The molecule has 0 unspecified atom stereocenters. The van der Waals surface area contributed by atoms with Gasteiger partial charge in [-0.1, -0.05) is 22.0 Å². The van der Waals surface area contributed by atoms with E-state index in [1.165, 1.54) is 5.56 Å². The maximum absolute atomic E-state index is 5.46. The first-order valence-electron chi connectivity index (χ1n) is 3.87. The van der Waals surface area contributed by atoms with Crippen LogP contribution in [0.5, 0.6) is 0 Å². The Balaban J connectivity index is 2.66. The van der Waals surface area contributed by atoms with Gasteiger partial charge in [0.15, 0.2) is 0 Å². The predicted octanol–water partition coefficient (Wildman–Crippen LogP) is 2.11. The molecular weight excluding hydrogens is 230 g/mol. The van der Waals surface area contributed by atoms with Crippen LogP contribution in [0, 0.1) is 0 Å². The van der Waals surface area contributed by atoms with Crippen LogP contribution in [0.2, 0.25) is 0 Å². The van der Waals surface area contributed by atoms with E-state index in [4.69, 9.17) is 5.73 Å². The molecule has 13 heavy (non-hydrogen) atoms. The van der Waals surface area contributed by atoms with Crippen molar-refractivity contribution in [1.29, 1.82) is 0 Å². The Kier molecular flexibility index (Phi) is 2.14. The lowest BCUT2D eigenvalue weighted by molar-refractivity contribution is 1.23. The third-order valence-corrected chi connectivity index (χ3v) is 2.46. The summed E-state index contributed by atoms with van der Waals surface area (Å²) in [6.07, 6.45) is 1.74. The van der Waals surface area contributed by atoms with Gasteiger partial charge in [-0.3, -0.25) is 0 Å². The van der Waals surface area contributed by atoms with Crippen LogP contribution in [-0.4, -0.2) is 9.97 Å². The Morgan fingerprint density at radius 3 is 3.00 bits per heavy atom. The summed E-state index contributed by atoms with van der Waals surface area (Å²) in [6, 6.07) is 6.01. The lowest BCUT2D eigenvalue weighted by Crippen LogP contribution is -1.94. The Morgan fingerprint density at radius 1 is 1.38 bits per heavy atom. The highest BCUT2D eigenvalue weighted by Gasteiger charge is 1.97. The number of rotatable bonds is 1. The van der Waals surface area contributed by atoms with Gasteiger partial charge in [0.1, 0.15) is 0 Å². The molecule has 66 valence electrons. The topological polar surface area (TPSA) is 51.8 Å². The minimum absolute atomic E-state index is 0.319. The van der Waals surface area contributed by atoms with Crippen LogP contribution in [0.1, 0.15) is 5.56 Å². The third-order valence-electron chi connectivity index (χ3n) is 1.82. The van der Waals surface area contributed by atoms with Crippen molar-refractivity contribution >= 4 is 32.8 Å². The number of halogens is 1. The van der Waals surface area contributed by atoms with Crippen molar-refractivity contribution in [3.63, 3.8) is 0 Å². The summed E-state index contributed by atoms with van der Waals surface area (Å²) in [5, 5.41) is 1.86. The number of hydrogen-bond acceptors (Lipinski definition) is 3. The van der Waals surface area contributed by atoms with Gasteiger partial charge in [0.2, 0.25) is 5.95 Å². The summed E-state index contributed by atoms with van der Waals surface area (Å²) in [5.41, 5.74) is 7.56. The molecule has 0 fully saturated rings. The second-order valence-electron chi connectivity index (χ2n) is 2.75. The van der Waals surface area contributed by atoms with Gasteiger partial charge in [-0.25, -0.2) is 9.97 Å². The highest BCUT2D eigenvalue weighted by molar-refractivity contribution is 9.08. The van der Waals surface area contributed by atoms with Crippen LogP contribution in [0.25, 0.3) is 10.9 Å². The molecule has 1 aromatic heterocycles. The summed E-state index contributed by atoms with van der Waals surface area (Å²) in [5.74, 6) is 0.319. The van der Waals surface area contributed by atoms with E-state index in [0.717, 1.165) is 16.2 Å². The standard InChI is InChI=1S/C9H8BrN3/c10-4-6-1-2-8-7(3-6)5-12-9(11)13-8/h1-3,5H,4H2,(H2,11,12,13). The first kappa shape index (κ1) is 8.44. The quantitative estimate of drug-likeness (QED) is 0.774. The number of aromatic nitrogens is 2. The number of nitrogen functional groups attached to an aromatic ring is 1. The van der Waals surface area contributed by atoms with Crippen molar-refractivity contribution in [1.82, 2.24) is 9.97 Å². The van der Waals surface area contributed by atoms with Gasteiger partial charge in [0.05, 0.1) is 5.52 Å². The fourth-order valence-electron chi connectivity index (χ4n) is 1.18. The zero-order chi connectivity index (χ0) is 9.26. The highest BCUT2D eigenvalue weighted by Crippen LogP contribution is 2.15. The Hall–Kier alpha value is -1.16. The lowest BCUT2D eigenvalue weighted by atomic mass is 10.2. The monoisotopic (exact) mass is 237 g/mol. The van der Waals surface area contributed by atoms with E-state index in [-0.39, 0.29) is 0 Å². The number of benzene rings is 1. The molecule has 0 saturated carbocycles. The molecule has 4 heteroatoms. The van der Waals surface area contributed by atoms with E-state index in [1.54, 1.807) is 6.20 Å². The van der Waals surface area contributed by atoms with Gasteiger partial charge >= 0.3 is 0 Å². The summed E-state index contributed by atoms with van der Waals surface area (Å²) >= 11 is 3.39. The number of nitrogens with two attached hydrogens (primary N) is 1. The zero-order valence-electron chi connectivity index (χ0n) is 6.87. The lowest BCUT2D eigenvalue weighted by Gasteiger charge is -1.99. The molecule has 3 nitrogen and oxygen atoms in total. The van der Waals surface area contributed by atoms with E-state index in [2.05, 4.69) is 25.9 Å². The molecular formula is C9H8BrN3. The van der Waals surface area contributed by atoms with Gasteiger partial charge in [-0.05, 0) is 17.7 Å². The number of fused-ring (bicyclic) bond motifs is 1. The largest absolute Gasteiger partial charge is 0.368 e. The molecule has 2 N–H and O–H groups in total. The molecule has 1 aromatic carbocycles. The summed E-state index contributed by atoms with van der Waals surface area (Å²) in [4.78, 5) is 8.04. The zero-order valence-corrected chi connectivity index (χ0v) is 8.45. The fraction of sp³-hybridized carbons (Fsp3) is 0.111. The number of nitrogens with zero attached hydrogens (tertiary/aromatic N) is 2. The van der Waals surface area contributed by atoms with Crippen LogP contribution < -0.4 is 5.73 Å². The summed E-state index contributed by atoms with van der Waals surface area (Å²) in [6.45, 7) is 0. The molecule has 0 saturated heterocycles. The molecule has 2 rings (SSSR count). The van der Waals surface area contributed by atoms with Crippen LogP contribution >= 0.6 is 15.9 Å². The Labute approximate surface area is 84.1 Å². The van der Waals surface area contributed by atoms with E-state index < -0.39 is 0 Å². The first-order chi connectivity index (χ1) is 6.29. The molecule has 2 aromatic rings. The Bertz CT molecular complexity index is 442. The molecule has 0 aliphatic heterocycles. The van der Waals surface area contributed by atoms with Crippen LogP contribution in [0.4, 0.5) is 5.95 Å². The molecule has 1 heterocycles. The van der Waals surface area contributed by atoms with Crippen molar-refractivity contribution in [3.8, 4) is 0 Å². The minimum Gasteiger partial charge on any atom is -0.368 e. The fourth-order valence-corrected chi connectivity index (χ4v) is 1.53. The SMILES string of the molecule is Nc1ncc2cc(CBr)ccc2n1. The summed E-state index contributed by atoms with van der Waals surface area (Å²) in [7, 11) is 0. The second kappa shape index (κ2) is 3.30. The van der Waals surface area contributed by atoms with E-state index in [0.29, 0.717) is 5.95 Å². The normalized spacial score (nSPS) is 10.5. The van der Waals surface area contributed by atoms with Crippen molar-refractivity contribution < 1.29 is 0 Å². The van der Waals surface area contributed by atoms with Gasteiger partial charge in [0.25, 0.3) is 0 Å². The minimum atomic E-state index is 0.319. The average Bonchev–Trinajstić information content (AvgIpc) is 2.17. The first-order valence-corrected chi connectivity index (χ1v) is 4.99. The molecule has 0 aliphatic rings. The van der Waals surface area contributed by atoms with Crippen LogP contribution in [0.15, 0.2) is 24.4 Å². The predicted molar refractivity (Wildman–Crippen MR) is 56.6 cm³/mol. The smallest absolute Gasteiger partial charge is 0.220 e. The Morgan fingerprint density at radius 2 is 2.23 bits per heavy atom. The molecule has 0 radical (unpaired) electrons. The second-order valence-corrected chi connectivity index (χ2v) is 3.32. The highest BCUT2D eigenvalue weighted by atomic mass is 79.9. The van der Waals surface area contributed by atoms with Crippen LogP contribution in [0.3, 0.4) is 0 Å².